The molecule has 0 fully saturated rings. The second kappa shape index (κ2) is 4.15. The number of carbonyl (C=O) groups excluding carboxylic acids is 1. The van der Waals surface area contributed by atoms with Crippen molar-refractivity contribution >= 4 is 12.0 Å². The van der Waals surface area contributed by atoms with Gasteiger partial charge in [0.2, 0.25) is 0 Å². The Morgan fingerprint density at radius 2 is 2.38 bits per heavy atom. The number of allylic oxidation sites excluding steroid dienone is 1. The van der Waals surface area contributed by atoms with E-state index in [1.54, 1.807) is 6.08 Å². The summed E-state index contributed by atoms with van der Waals surface area (Å²) in [5.74, 6) is -0.534. The summed E-state index contributed by atoms with van der Waals surface area (Å²) in [5, 5.41) is 11.9. The zero-order chi connectivity index (χ0) is 11.5. The first-order chi connectivity index (χ1) is 7.77. The summed E-state index contributed by atoms with van der Waals surface area (Å²) in [5.41, 5.74) is 1.44. The van der Waals surface area contributed by atoms with Crippen LogP contribution in [0.25, 0.3) is 0 Å². The fourth-order valence-electron chi connectivity index (χ4n) is 1.90. The number of aldehydes is 1. The Kier molecular flexibility index (Phi) is 2.69. The lowest BCUT2D eigenvalue weighted by Crippen LogP contribution is -1.99. The predicted octanol–water partition coefficient (Wildman–Crippen LogP) is 1.96. The van der Waals surface area contributed by atoms with Crippen molar-refractivity contribution in [2.75, 3.05) is 11.9 Å². The zero-order valence-electron chi connectivity index (χ0n) is 8.40. The van der Waals surface area contributed by atoms with Crippen LogP contribution in [-0.4, -0.2) is 12.8 Å². The number of benzene rings is 1. The summed E-state index contributed by atoms with van der Waals surface area (Å²) in [6, 6.07) is 4.74. The van der Waals surface area contributed by atoms with Gasteiger partial charge in [0.15, 0.2) is 0 Å². The normalized spacial score (nSPS) is 17.9. The van der Waals surface area contributed by atoms with Crippen LogP contribution in [0.5, 0.6) is 0 Å². The van der Waals surface area contributed by atoms with Gasteiger partial charge in [0.25, 0.3) is 0 Å². The molecule has 1 aliphatic rings. The Morgan fingerprint density at radius 1 is 1.56 bits per heavy atom. The molecule has 16 heavy (non-hydrogen) atoms. The summed E-state index contributed by atoms with van der Waals surface area (Å²) in [6.45, 7) is 0.509. The molecule has 2 rings (SSSR count). The number of hydrogen-bond donors (Lipinski definition) is 1. The quantitative estimate of drug-likeness (QED) is 0.607. The highest BCUT2D eigenvalue weighted by Crippen LogP contribution is 2.36. The van der Waals surface area contributed by atoms with E-state index in [0.717, 1.165) is 0 Å². The summed E-state index contributed by atoms with van der Waals surface area (Å²) in [4.78, 5) is 10.2. The van der Waals surface area contributed by atoms with E-state index in [1.165, 1.54) is 18.2 Å². The molecule has 3 nitrogen and oxygen atoms in total. The summed E-state index contributed by atoms with van der Waals surface area (Å²) >= 11 is 0. The molecule has 1 N–H and O–H groups in total. The van der Waals surface area contributed by atoms with Gasteiger partial charge in [-0.25, -0.2) is 4.39 Å². The molecule has 1 aromatic carbocycles. The molecule has 0 bridgehead atoms. The molecule has 1 unspecified atom stereocenters. The topological polar surface area (TPSA) is 52.9 Å². The predicted molar refractivity (Wildman–Crippen MR) is 57.5 cm³/mol. The minimum absolute atomic E-state index is 0.187. The number of nitrogens with zero attached hydrogens (tertiary/aromatic N) is 1. The Morgan fingerprint density at radius 3 is 3.06 bits per heavy atom. The van der Waals surface area contributed by atoms with Gasteiger partial charge in [0, 0.05) is 18.0 Å². The van der Waals surface area contributed by atoms with Crippen molar-refractivity contribution in [3.63, 3.8) is 0 Å². The number of nitriles is 1. The average Bonchev–Trinajstić information content (AvgIpc) is 2.72. The van der Waals surface area contributed by atoms with Crippen LogP contribution >= 0.6 is 0 Å². The molecule has 0 radical (unpaired) electrons. The van der Waals surface area contributed by atoms with Crippen LogP contribution in [0, 0.1) is 17.1 Å². The van der Waals surface area contributed by atoms with Gasteiger partial charge in [0.1, 0.15) is 18.2 Å². The van der Waals surface area contributed by atoms with Crippen molar-refractivity contribution in [2.24, 2.45) is 0 Å². The summed E-state index contributed by atoms with van der Waals surface area (Å²) in [6.07, 6.45) is 3.64. The lowest BCUT2D eigenvalue weighted by atomic mass is 9.98. The van der Waals surface area contributed by atoms with Gasteiger partial charge in [-0.2, -0.15) is 5.26 Å². The van der Waals surface area contributed by atoms with Gasteiger partial charge in [-0.15, -0.1) is 0 Å². The average molecular weight is 216 g/mol. The number of anilines is 1. The maximum Gasteiger partial charge on any atom is 0.142 e. The van der Waals surface area contributed by atoms with E-state index in [9.17, 15) is 9.18 Å². The van der Waals surface area contributed by atoms with Crippen molar-refractivity contribution in [3.05, 3.63) is 41.2 Å². The van der Waals surface area contributed by atoms with Crippen LogP contribution in [0.2, 0.25) is 0 Å². The highest BCUT2D eigenvalue weighted by atomic mass is 19.1. The third-order valence-corrected chi connectivity index (χ3v) is 2.60. The third kappa shape index (κ3) is 1.57. The molecule has 0 saturated carbocycles. The highest BCUT2D eigenvalue weighted by molar-refractivity contribution is 5.70. The van der Waals surface area contributed by atoms with Gasteiger partial charge >= 0.3 is 0 Å². The number of halogens is 1. The van der Waals surface area contributed by atoms with Crippen molar-refractivity contribution in [1.82, 2.24) is 0 Å². The molecular formula is C12H9FN2O. The van der Waals surface area contributed by atoms with Crippen molar-refractivity contribution < 1.29 is 9.18 Å². The first-order valence-electron chi connectivity index (χ1n) is 4.86. The molecular weight excluding hydrogens is 207 g/mol. The molecule has 1 aliphatic heterocycles. The molecule has 1 aromatic rings. The lowest BCUT2D eigenvalue weighted by molar-refractivity contribution is -0.104. The van der Waals surface area contributed by atoms with Gasteiger partial charge in [-0.1, -0.05) is 6.08 Å². The van der Waals surface area contributed by atoms with Crippen LogP contribution in [0.1, 0.15) is 17.0 Å². The van der Waals surface area contributed by atoms with Gasteiger partial charge in [-0.3, -0.25) is 4.79 Å². The molecule has 0 aromatic heterocycles. The molecule has 0 aliphatic carbocycles. The fourth-order valence-corrected chi connectivity index (χ4v) is 1.90. The second-order valence-corrected chi connectivity index (χ2v) is 3.50. The second-order valence-electron chi connectivity index (χ2n) is 3.50. The monoisotopic (exact) mass is 216 g/mol. The van der Waals surface area contributed by atoms with Crippen LogP contribution in [0.3, 0.4) is 0 Å². The molecule has 0 amide bonds. The molecule has 1 heterocycles. The third-order valence-electron chi connectivity index (χ3n) is 2.60. The standard InChI is InChI=1S/C12H9FN2O/c13-10-4-3-8(6-14)12-11(10)9(7-15-12)2-1-5-16/h1-5,9,15H,7H2/b2-1+. The van der Waals surface area contributed by atoms with E-state index in [0.29, 0.717) is 29.6 Å². The van der Waals surface area contributed by atoms with Gasteiger partial charge in [-0.05, 0) is 18.2 Å². The smallest absolute Gasteiger partial charge is 0.142 e. The van der Waals surface area contributed by atoms with E-state index in [4.69, 9.17) is 5.26 Å². The van der Waals surface area contributed by atoms with Crippen LogP contribution < -0.4 is 5.32 Å². The van der Waals surface area contributed by atoms with E-state index >= 15 is 0 Å². The number of fused-ring (bicyclic) bond motifs is 1. The number of hydrogen-bond acceptors (Lipinski definition) is 3. The molecule has 80 valence electrons. The Bertz CT molecular complexity index is 502. The van der Waals surface area contributed by atoms with Crippen molar-refractivity contribution in [1.29, 1.82) is 5.26 Å². The fraction of sp³-hybridized carbons (Fsp3) is 0.167. The highest BCUT2D eigenvalue weighted by Gasteiger charge is 2.26. The maximum atomic E-state index is 13.6. The first-order valence-corrected chi connectivity index (χ1v) is 4.86. The largest absolute Gasteiger partial charge is 0.383 e. The van der Waals surface area contributed by atoms with Crippen LogP contribution in [0.4, 0.5) is 10.1 Å². The summed E-state index contributed by atoms with van der Waals surface area (Å²) < 4.78 is 13.6. The van der Waals surface area contributed by atoms with E-state index in [2.05, 4.69) is 5.32 Å². The molecule has 1 atom stereocenters. The van der Waals surface area contributed by atoms with Crippen LogP contribution in [0.15, 0.2) is 24.3 Å². The molecule has 0 spiro atoms. The number of carbonyl (C=O) groups is 1. The molecule has 0 saturated heterocycles. The number of rotatable bonds is 2. The Hall–Kier alpha value is -2.15. The minimum Gasteiger partial charge on any atom is -0.383 e. The van der Waals surface area contributed by atoms with E-state index < -0.39 is 0 Å². The van der Waals surface area contributed by atoms with Gasteiger partial charge < -0.3 is 5.32 Å². The first kappa shape index (κ1) is 10.4. The van der Waals surface area contributed by atoms with E-state index in [1.807, 2.05) is 6.07 Å². The zero-order valence-corrected chi connectivity index (χ0v) is 8.40. The van der Waals surface area contributed by atoms with Crippen molar-refractivity contribution in [2.45, 2.75) is 5.92 Å². The van der Waals surface area contributed by atoms with Crippen molar-refractivity contribution in [3.8, 4) is 6.07 Å². The van der Waals surface area contributed by atoms with E-state index in [-0.39, 0.29) is 11.7 Å². The Labute approximate surface area is 92.2 Å². The number of nitrogens with one attached hydrogen (secondary N) is 1. The summed E-state index contributed by atoms with van der Waals surface area (Å²) in [7, 11) is 0. The van der Waals surface area contributed by atoms with Gasteiger partial charge in [0.05, 0.1) is 11.3 Å². The maximum absolute atomic E-state index is 13.6. The SMILES string of the molecule is N#Cc1ccc(F)c2c1NCC2/C=C/C=O. The molecule has 4 heteroatoms. The Balaban J connectivity index is 2.50. The lowest BCUT2D eigenvalue weighted by Gasteiger charge is -2.05. The minimum atomic E-state index is -0.348. The van der Waals surface area contributed by atoms with Crippen LogP contribution in [-0.2, 0) is 4.79 Å².